The average Bonchev–Trinajstić information content (AvgIpc) is 3.35. The number of aliphatic imine (C=N–C) groups is 1. The molecule has 4 rings (SSSR count). The van der Waals surface area contributed by atoms with Crippen molar-refractivity contribution in [3.05, 3.63) is 18.0 Å². The summed E-state index contributed by atoms with van der Waals surface area (Å²) < 4.78 is 36.9. The van der Waals surface area contributed by atoms with Crippen molar-refractivity contribution in [1.29, 1.82) is 0 Å². The van der Waals surface area contributed by atoms with Crippen LogP contribution in [0.4, 0.5) is 19.1 Å². The van der Waals surface area contributed by atoms with Crippen molar-refractivity contribution in [2.24, 2.45) is 16.8 Å². The van der Waals surface area contributed by atoms with Gasteiger partial charge in [0.1, 0.15) is 11.4 Å². The van der Waals surface area contributed by atoms with Gasteiger partial charge in [0.25, 0.3) is 5.91 Å². The first kappa shape index (κ1) is 23.9. The maximum Gasteiger partial charge on any atom is 0.490 e. The first-order valence-corrected chi connectivity index (χ1v) is 10.2. The van der Waals surface area contributed by atoms with Crippen LogP contribution < -0.4 is 4.90 Å². The van der Waals surface area contributed by atoms with Crippen LogP contribution in [0.1, 0.15) is 25.3 Å². The molecule has 176 valence electrons. The van der Waals surface area contributed by atoms with Gasteiger partial charge in [0.2, 0.25) is 5.95 Å². The molecule has 2 aliphatic heterocycles. The number of nitrogens with zero attached hydrogens (tertiary/aromatic N) is 5. The predicted octanol–water partition coefficient (Wildman–Crippen LogP) is 1.91. The third kappa shape index (κ3) is 4.54. The van der Waals surface area contributed by atoms with Gasteiger partial charge in [-0.1, -0.05) is 0 Å². The number of aliphatic carboxylic acids is 1. The molecule has 0 bridgehead atoms. The third-order valence-electron chi connectivity index (χ3n) is 6.13. The van der Waals surface area contributed by atoms with Crippen molar-refractivity contribution in [3.8, 4) is 0 Å². The predicted molar refractivity (Wildman–Crippen MR) is 108 cm³/mol. The molecule has 0 unspecified atom stereocenters. The number of carboxylic acids is 1. The van der Waals surface area contributed by atoms with Gasteiger partial charge in [-0.15, -0.1) is 0 Å². The zero-order valence-electron chi connectivity index (χ0n) is 18.1. The fourth-order valence-corrected chi connectivity index (χ4v) is 4.64. The summed E-state index contributed by atoms with van der Waals surface area (Å²) in [5.41, 5.74) is 0.474. The quantitative estimate of drug-likeness (QED) is 0.736. The van der Waals surface area contributed by atoms with Crippen molar-refractivity contribution in [2.75, 3.05) is 38.3 Å². The average molecular weight is 457 g/mol. The number of rotatable bonds is 4. The molecule has 0 aromatic carbocycles. The Balaban J connectivity index is 0.000000360. The molecule has 12 heteroatoms. The van der Waals surface area contributed by atoms with Crippen LogP contribution in [-0.2, 0) is 14.3 Å². The topological polar surface area (TPSA) is 108 Å². The lowest BCUT2D eigenvalue weighted by Gasteiger charge is -2.28. The van der Waals surface area contributed by atoms with Crippen LogP contribution in [0.25, 0.3) is 0 Å². The van der Waals surface area contributed by atoms with E-state index in [2.05, 4.69) is 14.9 Å². The number of hydrogen-bond acceptors (Lipinski definition) is 7. The number of hydrogen-bond donors (Lipinski definition) is 1. The van der Waals surface area contributed by atoms with Crippen molar-refractivity contribution in [3.63, 3.8) is 0 Å². The van der Waals surface area contributed by atoms with E-state index in [0.29, 0.717) is 19.1 Å². The number of aromatic nitrogens is 2. The molecule has 9 nitrogen and oxygen atoms in total. The summed E-state index contributed by atoms with van der Waals surface area (Å²) in [5.74, 6) is -0.292. The number of fused-ring (bicyclic) bond motifs is 2. The Labute approximate surface area is 183 Å². The Kier molecular flexibility index (Phi) is 6.72. The van der Waals surface area contributed by atoms with Crippen molar-refractivity contribution in [2.45, 2.75) is 38.4 Å². The van der Waals surface area contributed by atoms with Gasteiger partial charge in [-0.05, 0) is 38.2 Å². The van der Waals surface area contributed by atoms with Gasteiger partial charge in [0, 0.05) is 38.5 Å². The fraction of sp³-hybridized carbons (Fsp3) is 0.650. The van der Waals surface area contributed by atoms with E-state index in [1.54, 1.807) is 12.0 Å². The number of alkyl halides is 3. The minimum atomic E-state index is -5.08. The zero-order chi connectivity index (χ0) is 23.7. The number of ether oxygens (including phenoxy) is 1. The second-order valence-electron chi connectivity index (χ2n) is 8.21. The second-order valence-corrected chi connectivity index (χ2v) is 8.21. The zero-order valence-corrected chi connectivity index (χ0v) is 18.1. The Bertz CT molecular complexity index is 892. The number of carbonyl (C=O) groups excluding carboxylic acids is 1. The Morgan fingerprint density at radius 2 is 1.91 bits per heavy atom. The van der Waals surface area contributed by atoms with E-state index in [-0.39, 0.29) is 11.8 Å². The summed E-state index contributed by atoms with van der Waals surface area (Å²) in [7, 11) is 1.66. The summed E-state index contributed by atoms with van der Waals surface area (Å²) in [6, 6.07) is 0. The molecule has 1 saturated carbocycles. The first-order valence-electron chi connectivity index (χ1n) is 10.2. The van der Waals surface area contributed by atoms with Crippen LogP contribution in [0, 0.1) is 18.8 Å². The SMILES string of the molecule is COCCN1C(=O)[C@]2(CC[C@@H]3CN(c4ncc(C)cn4)C[C@@H]32)N=C1C.O=C(O)C(F)(F)F. The maximum atomic E-state index is 13.2. The van der Waals surface area contributed by atoms with Gasteiger partial charge in [-0.3, -0.25) is 14.7 Å². The number of aryl methyl sites for hydroxylation is 1. The summed E-state index contributed by atoms with van der Waals surface area (Å²) in [6.07, 6.45) is 0.502. The molecule has 1 aromatic rings. The van der Waals surface area contributed by atoms with Crippen LogP contribution >= 0.6 is 0 Å². The molecule has 2 fully saturated rings. The summed E-state index contributed by atoms with van der Waals surface area (Å²) in [4.78, 5) is 39.9. The Morgan fingerprint density at radius 3 is 2.47 bits per heavy atom. The van der Waals surface area contributed by atoms with Gasteiger partial charge in [0.15, 0.2) is 0 Å². The molecule has 1 saturated heterocycles. The molecule has 0 radical (unpaired) electrons. The van der Waals surface area contributed by atoms with Crippen molar-refractivity contribution < 1.29 is 32.6 Å². The highest BCUT2D eigenvalue weighted by Crippen LogP contribution is 2.50. The molecular formula is C20H26F3N5O4. The van der Waals surface area contributed by atoms with E-state index in [0.717, 1.165) is 43.3 Å². The number of amidine groups is 1. The second kappa shape index (κ2) is 9.00. The minimum Gasteiger partial charge on any atom is -0.475 e. The largest absolute Gasteiger partial charge is 0.490 e. The van der Waals surface area contributed by atoms with Crippen molar-refractivity contribution in [1.82, 2.24) is 14.9 Å². The van der Waals surface area contributed by atoms with Crippen LogP contribution in [-0.4, -0.2) is 82.8 Å². The van der Waals surface area contributed by atoms with E-state index >= 15 is 0 Å². The number of carboxylic acid groups (broad SMARTS) is 1. The number of carbonyl (C=O) groups is 2. The molecule has 1 N–H and O–H groups in total. The summed E-state index contributed by atoms with van der Waals surface area (Å²) >= 11 is 0. The van der Waals surface area contributed by atoms with E-state index in [9.17, 15) is 18.0 Å². The minimum absolute atomic E-state index is 0.154. The van der Waals surface area contributed by atoms with Crippen LogP contribution in [0.15, 0.2) is 17.4 Å². The van der Waals surface area contributed by atoms with Crippen LogP contribution in [0.3, 0.4) is 0 Å². The molecule has 3 atom stereocenters. The van der Waals surface area contributed by atoms with Gasteiger partial charge in [0.05, 0.1) is 13.2 Å². The third-order valence-corrected chi connectivity index (χ3v) is 6.13. The molecule has 1 aliphatic carbocycles. The normalized spacial score (nSPS) is 26.8. The van der Waals surface area contributed by atoms with E-state index in [1.165, 1.54) is 0 Å². The lowest BCUT2D eigenvalue weighted by Crippen LogP contribution is -2.47. The summed E-state index contributed by atoms with van der Waals surface area (Å²) in [5, 5.41) is 7.12. The lowest BCUT2D eigenvalue weighted by molar-refractivity contribution is -0.192. The molecular weight excluding hydrogens is 431 g/mol. The summed E-state index contributed by atoms with van der Waals surface area (Å²) in [6.45, 7) is 6.75. The number of anilines is 1. The van der Waals surface area contributed by atoms with Gasteiger partial charge in [-0.2, -0.15) is 13.2 Å². The van der Waals surface area contributed by atoms with Crippen LogP contribution in [0.2, 0.25) is 0 Å². The highest BCUT2D eigenvalue weighted by Gasteiger charge is 2.60. The van der Waals surface area contributed by atoms with Gasteiger partial charge >= 0.3 is 12.1 Å². The Hall–Kier alpha value is -2.76. The van der Waals surface area contributed by atoms with Crippen LogP contribution in [0.5, 0.6) is 0 Å². The maximum absolute atomic E-state index is 13.2. The smallest absolute Gasteiger partial charge is 0.475 e. The first-order chi connectivity index (χ1) is 15.0. The number of amides is 1. The monoisotopic (exact) mass is 457 g/mol. The standard InChI is InChI=1S/C18H25N5O2.C2HF3O2/c1-12-8-19-17(20-9-12)22-10-14-4-5-18(15(14)11-22)16(24)23(6-7-25-3)13(2)21-18;3-2(4,5)1(6)7/h8-9,14-15H,4-7,10-11H2,1-3H3;(H,6,7)/t14-,15+,18-;/m1./s1. The van der Waals surface area contributed by atoms with E-state index in [4.69, 9.17) is 19.6 Å². The molecule has 3 aliphatic rings. The molecule has 1 spiro atoms. The van der Waals surface area contributed by atoms with E-state index < -0.39 is 17.7 Å². The molecule has 3 heterocycles. The highest BCUT2D eigenvalue weighted by atomic mass is 19.4. The molecule has 1 aromatic heterocycles. The lowest BCUT2D eigenvalue weighted by atomic mass is 9.85. The molecule has 1 amide bonds. The van der Waals surface area contributed by atoms with Crippen molar-refractivity contribution >= 4 is 23.7 Å². The Morgan fingerprint density at radius 1 is 1.28 bits per heavy atom. The fourth-order valence-electron chi connectivity index (χ4n) is 4.64. The molecule has 32 heavy (non-hydrogen) atoms. The highest BCUT2D eigenvalue weighted by molar-refractivity contribution is 6.07. The number of methoxy groups -OCH3 is 1. The van der Waals surface area contributed by atoms with E-state index in [1.807, 2.05) is 26.2 Å². The number of halogens is 3. The van der Waals surface area contributed by atoms with Gasteiger partial charge < -0.3 is 14.7 Å². The van der Waals surface area contributed by atoms with Gasteiger partial charge in [-0.25, -0.2) is 14.8 Å².